The summed E-state index contributed by atoms with van der Waals surface area (Å²) in [6, 6.07) is 8.45. The Kier molecular flexibility index (Phi) is 8.33. The zero-order valence-corrected chi connectivity index (χ0v) is 23.1. The number of carbonyl (C=O) groups excluding carboxylic acids is 1. The summed E-state index contributed by atoms with van der Waals surface area (Å²) in [4.78, 5) is 25.6. The highest BCUT2D eigenvalue weighted by Gasteiger charge is 2.73. The molecule has 7 nitrogen and oxygen atoms in total. The van der Waals surface area contributed by atoms with Gasteiger partial charge in [-0.15, -0.1) is 0 Å². The van der Waals surface area contributed by atoms with Crippen molar-refractivity contribution >= 4 is 21.7 Å². The van der Waals surface area contributed by atoms with E-state index in [1.54, 1.807) is 6.07 Å². The standard InChI is InChI=1S/C28H25F7N2O5S/c29-26(27(30,31)32,28(33,34)35)21-10-8-20(9-11-21)25(43(41,42)22-3-1-2-17(14-22)15-36)12-13-37(16-25)23(38)18-4-6-19(7-5-18)24(39)40/h1-3,8-11,14,18-19H,4-7,12-13,16H2,(H,39,40). The molecule has 4 rings (SSSR count). The van der Waals surface area contributed by atoms with Crippen LogP contribution in [-0.4, -0.2) is 55.7 Å². The van der Waals surface area contributed by atoms with Crippen molar-refractivity contribution in [1.82, 2.24) is 4.90 Å². The van der Waals surface area contributed by atoms with E-state index in [4.69, 9.17) is 0 Å². The monoisotopic (exact) mass is 634 g/mol. The van der Waals surface area contributed by atoms with Crippen LogP contribution in [0.15, 0.2) is 53.4 Å². The molecule has 1 saturated heterocycles. The Hall–Kier alpha value is -3.67. The van der Waals surface area contributed by atoms with E-state index in [1.807, 2.05) is 0 Å². The Bertz CT molecular complexity index is 1530. The molecule has 232 valence electrons. The first-order valence-corrected chi connectivity index (χ1v) is 14.6. The zero-order chi connectivity index (χ0) is 32.0. The SMILES string of the molecule is N#Cc1cccc(S(=O)(=O)C2(c3ccc(C(F)(C(F)(F)F)C(F)(F)F)cc3)CCN(C(=O)C3CCC(C(=O)O)CC3)C2)c1. The van der Waals surface area contributed by atoms with Crippen molar-refractivity contribution < 1.29 is 53.8 Å². The summed E-state index contributed by atoms with van der Waals surface area (Å²) in [7, 11) is -4.57. The fraction of sp³-hybridized carbons (Fsp3) is 0.464. The highest BCUT2D eigenvalue weighted by molar-refractivity contribution is 7.92. The van der Waals surface area contributed by atoms with E-state index in [-0.39, 0.29) is 66.8 Å². The Morgan fingerprint density at radius 1 is 0.907 bits per heavy atom. The molecule has 1 aliphatic heterocycles. The fourth-order valence-electron chi connectivity index (χ4n) is 5.88. The molecule has 1 unspecified atom stereocenters. The summed E-state index contributed by atoms with van der Waals surface area (Å²) < 4.78 is 121. The Labute approximate surface area is 241 Å². The molecule has 1 saturated carbocycles. The fourth-order valence-corrected chi connectivity index (χ4v) is 8.00. The van der Waals surface area contributed by atoms with E-state index >= 15 is 0 Å². The molecule has 15 heteroatoms. The average Bonchev–Trinajstić information content (AvgIpc) is 3.43. The molecule has 2 fully saturated rings. The van der Waals surface area contributed by atoms with Crippen LogP contribution in [0.3, 0.4) is 0 Å². The van der Waals surface area contributed by atoms with Gasteiger partial charge in [0.1, 0.15) is 4.75 Å². The van der Waals surface area contributed by atoms with Crippen LogP contribution < -0.4 is 0 Å². The molecule has 2 aromatic rings. The van der Waals surface area contributed by atoms with Gasteiger partial charge in [-0.05, 0) is 55.9 Å². The minimum absolute atomic E-state index is 0.0368. The lowest BCUT2D eigenvalue weighted by atomic mass is 9.81. The Morgan fingerprint density at radius 3 is 1.98 bits per heavy atom. The van der Waals surface area contributed by atoms with Crippen LogP contribution in [0.1, 0.15) is 48.8 Å². The van der Waals surface area contributed by atoms with E-state index in [9.17, 15) is 59.1 Å². The summed E-state index contributed by atoms with van der Waals surface area (Å²) in [6.45, 7) is -0.669. The molecule has 0 spiro atoms. The molecular formula is C28H25F7N2O5S. The van der Waals surface area contributed by atoms with Crippen molar-refractivity contribution in [3.8, 4) is 6.07 Å². The third kappa shape index (κ3) is 5.45. The predicted octanol–water partition coefficient (Wildman–Crippen LogP) is 5.64. The van der Waals surface area contributed by atoms with Gasteiger partial charge in [0.2, 0.25) is 5.91 Å². The third-order valence-electron chi connectivity index (χ3n) is 8.35. The van der Waals surface area contributed by atoms with Crippen molar-refractivity contribution in [1.29, 1.82) is 5.26 Å². The summed E-state index contributed by atoms with van der Waals surface area (Å²) >= 11 is 0. The molecule has 0 aromatic heterocycles. The first-order valence-electron chi connectivity index (χ1n) is 13.1. The van der Waals surface area contributed by atoms with Crippen molar-refractivity contribution in [2.24, 2.45) is 11.8 Å². The second-order valence-electron chi connectivity index (χ2n) is 10.8. The maximum absolute atomic E-state index is 14.7. The predicted molar refractivity (Wildman–Crippen MR) is 136 cm³/mol. The Balaban J connectivity index is 1.77. The average molecular weight is 635 g/mol. The van der Waals surface area contributed by atoms with Crippen LogP contribution in [0.2, 0.25) is 0 Å². The van der Waals surface area contributed by atoms with Crippen molar-refractivity contribution in [2.45, 2.75) is 59.8 Å². The number of nitriles is 1. The molecule has 1 amide bonds. The number of nitrogens with zero attached hydrogens (tertiary/aromatic N) is 2. The first-order chi connectivity index (χ1) is 19.9. The van der Waals surface area contributed by atoms with Gasteiger partial charge in [-0.2, -0.15) is 31.6 Å². The molecule has 0 radical (unpaired) electrons. The highest BCUT2D eigenvalue weighted by atomic mass is 32.2. The number of sulfone groups is 1. The number of carbonyl (C=O) groups is 2. The summed E-state index contributed by atoms with van der Waals surface area (Å²) in [5.74, 6) is -2.68. The molecule has 0 bridgehead atoms. The van der Waals surface area contributed by atoms with Crippen LogP contribution in [0.25, 0.3) is 0 Å². The minimum atomic E-state index is -6.37. The normalized spacial score (nSPS) is 23.5. The number of likely N-dealkylation sites (tertiary alicyclic amines) is 1. The minimum Gasteiger partial charge on any atom is -0.481 e. The molecule has 2 aromatic carbocycles. The van der Waals surface area contributed by atoms with Gasteiger partial charge >= 0.3 is 24.0 Å². The summed E-state index contributed by atoms with van der Waals surface area (Å²) in [5, 5.41) is 18.5. The van der Waals surface area contributed by atoms with E-state index in [1.165, 1.54) is 23.1 Å². The number of hydrogen-bond acceptors (Lipinski definition) is 5. The number of halogens is 7. The van der Waals surface area contributed by atoms with Crippen LogP contribution in [0, 0.1) is 23.2 Å². The maximum Gasteiger partial charge on any atom is 0.435 e. The first kappa shape index (κ1) is 32.2. The van der Waals surface area contributed by atoms with Crippen LogP contribution >= 0.6 is 0 Å². The highest BCUT2D eigenvalue weighted by Crippen LogP contribution is 2.54. The van der Waals surface area contributed by atoms with E-state index in [0.717, 1.165) is 6.07 Å². The third-order valence-corrected chi connectivity index (χ3v) is 10.8. The maximum atomic E-state index is 14.7. The molecular weight excluding hydrogens is 609 g/mol. The second kappa shape index (κ2) is 11.1. The van der Waals surface area contributed by atoms with Gasteiger partial charge in [-0.1, -0.05) is 30.3 Å². The second-order valence-corrected chi connectivity index (χ2v) is 13.0. The largest absolute Gasteiger partial charge is 0.481 e. The van der Waals surface area contributed by atoms with Gasteiger partial charge < -0.3 is 10.0 Å². The quantitative estimate of drug-likeness (QED) is 0.412. The Morgan fingerprint density at radius 2 is 1.47 bits per heavy atom. The van der Waals surface area contributed by atoms with Crippen molar-refractivity contribution in [3.63, 3.8) is 0 Å². The lowest BCUT2D eigenvalue weighted by molar-refractivity contribution is -0.348. The summed E-state index contributed by atoms with van der Waals surface area (Å²) in [6.07, 6.45) is -12.1. The number of benzene rings is 2. The number of hydrogen-bond donors (Lipinski definition) is 1. The lowest BCUT2D eigenvalue weighted by Gasteiger charge is -2.33. The number of alkyl halides is 7. The zero-order valence-electron chi connectivity index (χ0n) is 22.3. The number of carboxylic acids is 1. The van der Waals surface area contributed by atoms with Gasteiger partial charge in [0.05, 0.1) is 22.4 Å². The number of aliphatic carboxylic acids is 1. The van der Waals surface area contributed by atoms with Crippen LogP contribution in [0.4, 0.5) is 30.7 Å². The topological polar surface area (TPSA) is 116 Å². The van der Waals surface area contributed by atoms with Crippen LogP contribution in [0.5, 0.6) is 0 Å². The number of rotatable bonds is 6. The molecule has 1 atom stereocenters. The van der Waals surface area contributed by atoms with Gasteiger partial charge in [0, 0.05) is 24.6 Å². The molecule has 2 aliphatic rings. The molecule has 43 heavy (non-hydrogen) atoms. The van der Waals surface area contributed by atoms with Gasteiger partial charge in [0.15, 0.2) is 9.84 Å². The number of amides is 1. The van der Waals surface area contributed by atoms with E-state index in [0.29, 0.717) is 12.1 Å². The van der Waals surface area contributed by atoms with Crippen LogP contribution in [-0.2, 0) is 29.8 Å². The lowest BCUT2D eigenvalue weighted by Crippen LogP contribution is -2.50. The molecule has 1 heterocycles. The van der Waals surface area contributed by atoms with E-state index in [2.05, 4.69) is 0 Å². The molecule has 1 aliphatic carbocycles. The van der Waals surface area contributed by atoms with Crippen molar-refractivity contribution in [3.05, 3.63) is 65.2 Å². The van der Waals surface area contributed by atoms with Gasteiger partial charge in [-0.3, -0.25) is 9.59 Å². The van der Waals surface area contributed by atoms with Gasteiger partial charge in [-0.25, -0.2) is 12.8 Å². The van der Waals surface area contributed by atoms with Gasteiger partial charge in [0.25, 0.3) is 0 Å². The molecule has 1 N–H and O–H groups in total. The smallest absolute Gasteiger partial charge is 0.435 e. The van der Waals surface area contributed by atoms with E-state index < -0.39 is 68.4 Å². The number of carboxylic acid groups (broad SMARTS) is 1. The summed E-state index contributed by atoms with van der Waals surface area (Å²) in [5.41, 5.74) is -7.82. The van der Waals surface area contributed by atoms with Crippen molar-refractivity contribution in [2.75, 3.05) is 13.1 Å².